The van der Waals surface area contributed by atoms with Crippen LogP contribution in [0.4, 0.5) is 0 Å². The fourth-order valence-corrected chi connectivity index (χ4v) is 2.07. The molecule has 1 aromatic heterocycles. The van der Waals surface area contributed by atoms with E-state index in [1.165, 1.54) is 12.8 Å². The van der Waals surface area contributed by atoms with Crippen LogP contribution in [0.5, 0.6) is 5.75 Å². The third kappa shape index (κ3) is 3.96. The van der Waals surface area contributed by atoms with Crippen molar-refractivity contribution in [3.8, 4) is 5.75 Å². The van der Waals surface area contributed by atoms with Crippen LogP contribution in [-0.4, -0.2) is 30.8 Å². The summed E-state index contributed by atoms with van der Waals surface area (Å²) in [5.41, 5.74) is 1.11. The van der Waals surface area contributed by atoms with Crippen LogP contribution in [0.25, 0.3) is 0 Å². The summed E-state index contributed by atoms with van der Waals surface area (Å²) in [7, 11) is 0. The van der Waals surface area contributed by atoms with Crippen molar-refractivity contribution in [3.05, 3.63) is 24.0 Å². The molecule has 0 aliphatic carbocycles. The number of aromatic nitrogens is 1. The zero-order valence-corrected chi connectivity index (χ0v) is 11.0. The molecule has 18 heavy (non-hydrogen) atoms. The van der Waals surface area contributed by atoms with E-state index in [2.05, 4.69) is 17.2 Å². The lowest BCUT2D eigenvalue weighted by Gasteiger charge is -2.23. The van der Waals surface area contributed by atoms with Gasteiger partial charge in [-0.05, 0) is 31.9 Å². The highest BCUT2D eigenvalue weighted by Crippen LogP contribution is 2.19. The highest BCUT2D eigenvalue weighted by atomic mass is 16.5. The van der Waals surface area contributed by atoms with Gasteiger partial charge in [-0.2, -0.15) is 0 Å². The largest absolute Gasteiger partial charge is 0.490 e. The van der Waals surface area contributed by atoms with Crippen LogP contribution in [0, 0.1) is 0 Å². The Balaban J connectivity index is 1.87. The standard InChI is InChI=1S/C14H22N2O2/c1-2-15-9-12-10-16-7-6-14(12)18-11-13-5-3-4-8-17-13/h6-7,10,13,15H,2-5,8-9,11H2,1H3. The van der Waals surface area contributed by atoms with Gasteiger partial charge in [-0.25, -0.2) is 0 Å². The predicted molar refractivity (Wildman–Crippen MR) is 70.7 cm³/mol. The Labute approximate surface area is 109 Å². The maximum atomic E-state index is 5.87. The van der Waals surface area contributed by atoms with Crippen molar-refractivity contribution in [2.24, 2.45) is 0 Å². The van der Waals surface area contributed by atoms with Crippen LogP contribution in [-0.2, 0) is 11.3 Å². The topological polar surface area (TPSA) is 43.4 Å². The number of ether oxygens (including phenoxy) is 2. The molecule has 1 atom stereocenters. The molecular formula is C14H22N2O2. The van der Waals surface area contributed by atoms with Gasteiger partial charge in [0.25, 0.3) is 0 Å². The molecule has 1 aromatic rings. The van der Waals surface area contributed by atoms with Gasteiger partial charge in [0.05, 0.1) is 6.10 Å². The molecule has 1 saturated heterocycles. The second-order valence-corrected chi connectivity index (χ2v) is 4.56. The van der Waals surface area contributed by atoms with Crippen LogP contribution in [0.3, 0.4) is 0 Å². The van der Waals surface area contributed by atoms with Gasteiger partial charge in [0.2, 0.25) is 0 Å². The quantitative estimate of drug-likeness (QED) is 0.840. The van der Waals surface area contributed by atoms with E-state index in [0.29, 0.717) is 6.61 Å². The van der Waals surface area contributed by atoms with E-state index >= 15 is 0 Å². The van der Waals surface area contributed by atoms with Crippen LogP contribution in [0.15, 0.2) is 18.5 Å². The van der Waals surface area contributed by atoms with Crippen LogP contribution in [0.2, 0.25) is 0 Å². The van der Waals surface area contributed by atoms with E-state index in [4.69, 9.17) is 9.47 Å². The minimum absolute atomic E-state index is 0.249. The van der Waals surface area contributed by atoms with Crippen molar-refractivity contribution in [2.75, 3.05) is 19.8 Å². The molecule has 4 heteroatoms. The van der Waals surface area contributed by atoms with Gasteiger partial charge in [0.1, 0.15) is 12.4 Å². The highest BCUT2D eigenvalue weighted by molar-refractivity contribution is 5.29. The summed E-state index contributed by atoms with van der Waals surface area (Å²) in [5.74, 6) is 0.917. The van der Waals surface area contributed by atoms with Gasteiger partial charge in [-0.1, -0.05) is 6.92 Å². The summed E-state index contributed by atoms with van der Waals surface area (Å²) in [6.45, 7) is 5.34. The van der Waals surface area contributed by atoms with Gasteiger partial charge in [0, 0.05) is 31.1 Å². The normalized spacial score (nSPS) is 19.7. The van der Waals surface area contributed by atoms with E-state index < -0.39 is 0 Å². The number of hydrogen-bond acceptors (Lipinski definition) is 4. The summed E-state index contributed by atoms with van der Waals surface area (Å²) in [6.07, 6.45) is 7.41. The lowest BCUT2D eigenvalue weighted by Crippen LogP contribution is -2.26. The monoisotopic (exact) mass is 250 g/mol. The third-order valence-electron chi connectivity index (χ3n) is 3.12. The Morgan fingerprint density at radius 1 is 1.50 bits per heavy atom. The molecule has 1 aliphatic heterocycles. The van der Waals surface area contributed by atoms with Gasteiger partial charge in [-0.15, -0.1) is 0 Å². The van der Waals surface area contributed by atoms with Crippen molar-refractivity contribution < 1.29 is 9.47 Å². The second kappa shape index (κ2) is 7.34. The fraction of sp³-hybridized carbons (Fsp3) is 0.643. The van der Waals surface area contributed by atoms with E-state index in [1.54, 1.807) is 6.20 Å². The SMILES string of the molecule is CCNCc1cnccc1OCC1CCCCO1. The van der Waals surface area contributed by atoms with Crippen LogP contribution < -0.4 is 10.1 Å². The Morgan fingerprint density at radius 3 is 3.22 bits per heavy atom. The summed E-state index contributed by atoms with van der Waals surface area (Å²) < 4.78 is 11.5. The number of rotatable bonds is 6. The number of nitrogens with zero attached hydrogens (tertiary/aromatic N) is 1. The Kier molecular flexibility index (Phi) is 5.42. The van der Waals surface area contributed by atoms with E-state index in [9.17, 15) is 0 Å². The molecule has 0 radical (unpaired) electrons. The number of hydrogen-bond donors (Lipinski definition) is 1. The van der Waals surface area contributed by atoms with Crippen molar-refractivity contribution in [2.45, 2.75) is 38.8 Å². The summed E-state index contributed by atoms with van der Waals surface area (Å²) in [5, 5.41) is 3.29. The van der Waals surface area contributed by atoms with Crippen molar-refractivity contribution >= 4 is 0 Å². The zero-order chi connectivity index (χ0) is 12.6. The molecule has 1 N–H and O–H groups in total. The molecule has 1 unspecified atom stereocenters. The zero-order valence-electron chi connectivity index (χ0n) is 11.0. The van der Waals surface area contributed by atoms with Crippen molar-refractivity contribution in [1.82, 2.24) is 10.3 Å². The fourth-order valence-electron chi connectivity index (χ4n) is 2.07. The van der Waals surface area contributed by atoms with Gasteiger partial charge in [-0.3, -0.25) is 4.98 Å². The van der Waals surface area contributed by atoms with E-state index in [-0.39, 0.29) is 6.10 Å². The first-order chi connectivity index (χ1) is 8.90. The lowest BCUT2D eigenvalue weighted by molar-refractivity contribution is -0.0112. The average Bonchev–Trinajstić information content (AvgIpc) is 2.45. The molecule has 1 aliphatic rings. The van der Waals surface area contributed by atoms with Gasteiger partial charge >= 0.3 is 0 Å². The summed E-state index contributed by atoms with van der Waals surface area (Å²) >= 11 is 0. The molecule has 0 aromatic carbocycles. The maximum Gasteiger partial charge on any atom is 0.127 e. The van der Waals surface area contributed by atoms with Crippen LogP contribution >= 0.6 is 0 Å². The first-order valence-electron chi connectivity index (χ1n) is 6.78. The van der Waals surface area contributed by atoms with Gasteiger partial charge < -0.3 is 14.8 Å². The Bertz CT molecular complexity index is 351. The molecule has 2 rings (SSSR count). The molecule has 4 nitrogen and oxygen atoms in total. The molecular weight excluding hydrogens is 228 g/mol. The second-order valence-electron chi connectivity index (χ2n) is 4.56. The molecule has 1 fully saturated rings. The molecule has 100 valence electrons. The lowest BCUT2D eigenvalue weighted by atomic mass is 10.1. The maximum absolute atomic E-state index is 5.87. The highest BCUT2D eigenvalue weighted by Gasteiger charge is 2.15. The predicted octanol–water partition coefficient (Wildman–Crippen LogP) is 2.14. The first-order valence-corrected chi connectivity index (χ1v) is 6.78. The molecule has 0 saturated carbocycles. The van der Waals surface area contributed by atoms with Crippen LogP contribution in [0.1, 0.15) is 31.7 Å². The molecule has 2 heterocycles. The number of pyridine rings is 1. The minimum Gasteiger partial charge on any atom is -0.490 e. The van der Waals surface area contributed by atoms with Crippen molar-refractivity contribution in [1.29, 1.82) is 0 Å². The van der Waals surface area contributed by atoms with Gasteiger partial charge in [0.15, 0.2) is 0 Å². The first kappa shape index (κ1) is 13.3. The molecule has 0 spiro atoms. The molecule has 0 bridgehead atoms. The van der Waals surface area contributed by atoms with Crippen molar-refractivity contribution in [3.63, 3.8) is 0 Å². The molecule has 0 amide bonds. The Morgan fingerprint density at radius 2 is 2.44 bits per heavy atom. The smallest absolute Gasteiger partial charge is 0.127 e. The summed E-state index contributed by atoms with van der Waals surface area (Å²) in [4.78, 5) is 4.14. The van der Waals surface area contributed by atoms with E-state index in [1.807, 2.05) is 12.3 Å². The number of nitrogens with one attached hydrogen (secondary N) is 1. The third-order valence-corrected chi connectivity index (χ3v) is 3.12. The average molecular weight is 250 g/mol. The minimum atomic E-state index is 0.249. The van der Waals surface area contributed by atoms with E-state index in [0.717, 1.165) is 37.4 Å². The summed E-state index contributed by atoms with van der Waals surface area (Å²) in [6, 6.07) is 1.93. The Hall–Kier alpha value is -1.13.